The second kappa shape index (κ2) is 8.45. The van der Waals surface area contributed by atoms with Crippen LogP contribution in [0.3, 0.4) is 0 Å². The average molecular weight is 335 g/mol. The minimum absolute atomic E-state index is 0.286. The molecule has 0 unspecified atom stereocenters. The van der Waals surface area contributed by atoms with Crippen LogP contribution in [0.1, 0.15) is 22.5 Å². The van der Waals surface area contributed by atoms with Gasteiger partial charge in [0.15, 0.2) is 0 Å². The van der Waals surface area contributed by atoms with E-state index in [9.17, 15) is 4.79 Å². The quantitative estimate of drug-likeness (QED) is 0.761. The van der Waals surface area contributed by atoms with E-state index in [1.165, 1.54) is 6.33 Å². The number of benzene rings is 1. The first kappa shape index (κ1) is 17.2. The molecule has 122 valence electrons. The summed E-state index contributed by atoms with van der Waals surface area (Å²) >= 11 is 6.05. The molecule has 1 amide bonds. The molecule has 1 aromatic heterocycles. The largest absolute Gasteiger partial charge is 0.385 e. The first-order chi connectivity index (χ1) is 11.1. The Balaban J connectivity index is 2.03. The van der Waals surface area contributed by atoms with Crippen LogP contribution in [0.15, 0.2) is 30.6 Å². The van der Waals surface area contributed by atoms with Crippen molar-refractivity contribution in [1.82, 2.24) is 9.97 Å². The zero-order valence-corrected chi connectivity index (χ0v) is 13.9. The molecule has 2 rings (SSSR count). The van der Waals surface area contributed by atoms with Crippen LogP contribution in [0, 0.1) is 6.92 Å². The Morgan fingerprint density at radius 1 is 1.35 bits per heavy atom. The first-order valence-corrected chi connectivity index (χ1v) is 7.61. The highest BCUT2D eigenvalue weighted by Gasteiger charge is 2.11. The van der Waals surface area contributed by atoms with Crippen LogP contribution in [-0.2, 0) is 4.74 Å². The lowest BCUT2D eigenvalue weighted by molar-refractivity contribution is 0.102. The van der Waals surface area contributed by atoms with Crippen LogP contribution in [0.25, 0.3) is 0 Å². The number of carbonyl (C=O) groups excluding carboxylic acids is 1. The van der Waals surface area contributed by atoms with E-state index in [2.05, 4.69) is 20.6 Å². The van der Waals surface area contributed by atoms with Gasteiger partial charge in [0.25, 0.3) is 5.91 Å². The maximum absolute atomic E-state index is 12.3. The lowest BCUT2D eigenvalue weighted by Gasteiger charge is -2.10. The Hall–Kier alpha value is -2.18. The Kier molecular flexibility index (Phi) is 6.31. The van der Waals surface area contributed by atoms with E-state index in [-0.39, 0.29) is 11.6 Å². The normalized spacial score (nSPS) is 10.4. The lowest BCUT2D eigenvalue weighted by Crippen LogP contribution is -2.15. The molecular weight excluding hydrogens is 316 g/mol. The van der Waals surface area contributed by atoms with Crippen LogP contribution >= 0.6 is 11.6 Å². The van der Waals surface area contributed by atoms with Crippen molar-refractivity contribution >= 4 is 29.0 Å². The minimum Gasteiger partial charge on any atom is -0.385 e. The van der Waals surface area contributed by atoms with Crippen molar-refractivity contribution in [1.29, 1.82) is 0 Å². The number of aromatic nitrogens is 2. The van der Waals surface area contributed by atoms with Gasteiger partial charge in [0, 0.05) is 37.0 Å². The fourth-order valence-corrected chi connectivity index (χ4v) is 2.11. The average Bonchev–Trinajstić information content (AvgIpc) is 2.56. The van der Waals surface area contributed by atoms with Crippen molar-refractivity contribution in [3.05, 3.63) is 46.9 Å². The summed E-state index contributed by atoms with van der Waals surface area (Å²) in [6, 6.07) is 6.97. The third-order valence-electron chi connectivity index (χ3n) is 3.25. The van der Waals surface area contributed by atoms with Crippen LogP contribution in [0.5, 0.6) is 0 Å². The predicted molar refractivity (Wildman–Crippen MR) is 91.2 cm³/mol. The van der Waals surface area contributed by atoms with E-state index in [1.807, 2.05) is 6.92 Å². The molecule has 1 aromatic carbocycles. The SMILES string of the molecule is COCCCNc1cc(C(=O)Nc2cccc(Cl)c2C)ncn1. The molecule has 23 heavy (non-hydrogen) atoms. The fraction of sp³-hybridized carbons (Fsp3) is 0.312. The van der Waals surface area contributed by atoms with E-state index in [1.54, 1.807) is 31.4 Å². The zero-order chi connectivity index (χ0) is 16.7. The second-order valence-electron chi connectivity index (χ2n) is 4.93. The third kappa shape index (κ3) is 4.91. The van der Waals surface area contributed by atoms with Gasteiger partial charge < -0.3 is 15.4 Å². The Labute approximate surface area is 140 Å². The van der Waals surface area contributed by atoms with Gasteiger partial charge in [-0.2, -0.15) is 0 Å². The molecule has 0 spiro atoms. The molecule has 0 aliphatic rings. The van der Waals surface area contributed by atoms with E-state index >= 15 is 0 Å². The molecule has 0 saturated carbocycles. The molecule has 6 nitrogen and oxygen atoms in total. The van der Waals surface area contributed by atoms with Gasteiger partial charge in [-0.3, -0.25) is 4.79 Å². The number of carbonyl (C=O) groups is 1. The number of nitrogens with zero attached hydrogens (tertiary/aromatic N) is 2. The highest BCUT2D eigenvalue weighted by Crippen LogP contribution is 2.23. The Morgan fingerprint density at radius 2 is 2.17 bits per heavy atom. The van der Waals surface area contributed by atoms with Crippen molar-refractivity contribution in [2.75, 3.05) is 30.9 Å². The van der Waals surface area contributed by atoms with Crippen LogP contribution in [0.4, 0.5) is 11.5 Å². The van der Waals surface area contributed by atoms with Crippen molar-refractivity contribution in [2.45, 2.75) is 13.3 Å². The number of halogens is 1. The standard InChI is InChI=1S/C16H19ClN4O2/c1-11-12(17)5-3-6-13(11)21-16(22)14-9-15(20-10-19-14)18-7-4-8-23-2/h3,5-6,9-10H,4,7-8H2,1-2H3,(H,21,22)(H,18,19,20). The van der Waals surface area contributed by atoms with Crippen molar-refractivity contribution in [2.24, 2.45) is 0 Å². The number of amides is 1. The first-order valence-electron chi connectivity index (χ1n) is 7.23. The summed E-state index contributed by atoms with van der Waals surface area (Å²) in [7, 11) is 1.66. The van der Waals surface area contributed by atoms with Gasteiger partial charge >= 0.3 is 0 Å². The maximum atomic E-state index is 12.3. The van der Waals surface area contributed by atoms with Crippen molar-refractivity contribution < 1.29 is 9.53 Å². The molecule has 2 N–H and O–H groups in total. The molecule has 7 heteroatoms. The van der Waals surface area contributed by atoms with Crippen molar-refractivity contribution in [3.63, 3.8) is 0 Å². The number of hydrogen-bond acceptors (Lipinski definition) is 5. The van der Waals surface area contributed by atoms with E-state index in [0.29, 0.717) is 29.7 Å². The molecule has 0 bridgehead atoms. The molecule has 0 atom stereocenters. The summed E-state index contributed by atoms with van der Waals surface area (Å²) < 4.78 is 4.98. The molecule has 0 saturated heterocycles. The van der Waals surface area contributed by atoms with Crippen LogP contribution < -0.4 is 10.6 Å². The van der Waals surface area contributed by atoms with E-state index in [0.717, 1.165) is 12.0 Å². The second-order valence-corrected chi connectivity index (χ2v) is 5.34. The summed E-state index contributed by atoms with van der Waals surface area (Å²) in [4.78, 5) is 20.4. The number of ether oxygens (including phenoxy) is 1. The zero-order valence-electron chi connectivity index (χ0n) is 13.1. The van der Waals surface area contributed by atoms with Gasteiger partial charge in [-0.05, 0) is 31.0 Å². The van der Waals surface area contributed by atoms with Gasteiger partial charge in [0.05, 0.1) is 0 Å². The minimum atomic E-state index is -0.308. The summed E-state index contributed by atoms with van der Waals surface area (Å²) in [5, 5.41) is 6.54. The number of hydrogen-bond donors (Lipinski definition) is 2. The molecule has 0 aliphatic carbocycles. The smallest absolute Gasteiger partial charge is 0.274 e. The number of rotatable bonds is 7. The third-order valence-corrected chi connectivity index (χ3v) is 3.66. The van der Waals surface area contributed by atoms with Gasteiger partial charge in [-0.25, -0.2) is 9.97 Å². The molecule has 0 aliphatic heterocycles. The molecule has 0 fully saturated rings. The molecule has 2 aromatic rings. The maximum Gasteiger partial charge on any atom is 0.274 e. The highest BCUT2D eigenvalue weighted by atomic mass is 35.5. The van der Waals surface area contributed by atoms with Gasteiger partial charge in [0.2, 0.25) is 0 Å². The van der Waals surface area contributed by atoms with Crippen LogP contribution in [0.2, 0.25) is 5.02 Å². The summed E-state index contributed by atoms with van der Waals surface area (Å²) in [6.07, 6.45) is 2.21. The van der Waals surface area contributed by atoms with Crippen molar-refractivity contribution in [3.8, 4) is 0 Å². The Morgan fingerprint density at radius 3 is 2.96 bits per heavy atom. The molecular formula is C16H19ClN4O2. The van der Waals surface area contributed by atoms with Gasteiger partial charge in [0.1, 0.15) is 17.8 Å². The number of methoxy groups -OCH3 is 1. The van der Waals surface area contributed by atoms with Crippen LogP contribution in [-0.4, -0.2) is 36.1 Å². The topological polar surface area (TPSA) is 76.1 Å². The van der Waals surface area contributed by atoms with E-state index in [4.69, 9.17) is 16.3 Å². The van der Waals surface area contributed by atoms with Gasteiger partial charge in [-0.1, -0.05) is 17.7 Å². The summed E-state index contributed by atoms with van der Waals surface area (Å²) in [5.74, 6) is 0.293. The fourth-order valence-electron chi connectivity index (χ4n) is 1.94. The molecule has 1 heterocycles. The predicted octanol–water partition coefficient (Wildman–Crippen LogP) is 3.14. The highest BCUT2D eigenvalue weighted by molar-refractivity contribution is 6.31. The Bertz CT molecular complexity index is 679. The number of anilines is 2. The molecule has 0 radical (unpaired) electrons. The van der Waals surface area contributed by atoms with Gasteiger partial charge in [-0.15, -0.1) is 0 Å². The van der Waals surface area contributed by atoms with E-state index < -0.39 is 0 Å². The monoisotopic (exact) mass is 334 g/mol. The number of nitrogens with one attached hydrogen (secondary N) is 2. The summed E-state index contributed by atoms with van der Waals surface area (Å²) in [6.45, 7) is 3.22. The summed E-state index contributed by atoms with van der Waals surface area (Å²) in [5.41, 5.74) is 1.76. The lowest BCUT2D eigenvalue weighted by atomic mass is 10.2.